The van der Waals surface area contributed by atoms with Crippen molar-refractivity contribution < 1.29 is 0 Å². The predicted molar refractivity (Wildman–Crippen MR) is 57.6 cm³/mol. The molecule has 2 aromatic rings. The summed E-state index contributed by atoms with van der Waals surface area (Å²) < 4.78 is 3.12. The Bertz CT molecular complexity index is 552. The highest BCUT2D eigenvalue weighted by Gasteiger charge is 2.03. The van der Waals surface area contributed by atoms with E-state index in [4.69, 9.17) is 5.73 Å². The van der Waals surface area contributed by atoms with Crippen LogP contribution in [0.1, 0.15) is 0 Å². The van der Waals surface area contributed by atoms with Crippen LogP contribution in [0.15, 0.2) is 41.6 Å². The van der Waals surface area contributed by atoms with Crippen LogP contribution in [0.5, 0.6) is 0 Å². The third-order valence-corrected chi connectivity index (χ3v) is 2.22. The van der Waals surface area contributed by atoms with E-state index in [-0.39, 0.29) is 5.56 Å². The summed E-state index contributed by atoms with van der Waals surface area (Å²) in [4.78, 5) is 11.9. The van der Waals surface area contributed by atoms with Crippen LogP contribution in [0.25, 0.3) is 5.52 Å². The molecule has 0 aromatic carbocycles. The maximum atomic E-state index is 11.9. The van der Waals surface area contributed by atoms with Crippen molar-refractivity contribution in [1.29, 1.82) is 0 Å². The van der Waals surface area contributed by atoms with Crippen molar-refractivity contribution in [2.45, 2.75) is 6.54 Å². The smallest absolute Gasteiger partial charge is 0.276 e. The third kappa shape index (κ3) is 1.69. The summed E-state index contributed by atoms with van der Waals surface area (Å²) in [5, 5.41) is 3.98. The van der Waals surface area contributed by atoms with Gasteiger partial charge < -0.3 is 10.3 Å². The van der Waals surface area contributed by atoms with Gasteiger partial charge in [0.1, 0.15) is 5.52 Å². The molecular formula is C10H12N4O. The highest BCUT2D eigenvalue weighted by atomic mass is 16.1. The minimum absolute atomic E-state index is 0.0791. The lowest BCUT2D eigenvalue weighted by Gasteiger charge is -2.06. The first kappa shape index (κ1) is 9.67. The van der Waals surface area contributed by atoms with Gasteiger partial charge >= 0.3 is 0 Å². The minimum atomic E-state index is -0.0791. The zero-order chi connectivity index (χ0) is 10.8. The fourth-order valence-corrected chi connectivity index (χ4v) is 1.39. The van der Waals surface area contributed by atoms with Crippen molar-refractivity contribution in [2.75, 3.05) is 6.54 Å². The summed E-state index contributed by atoms with van der Waals surface area (Å²) in [5.41, 5.74) is 6.73. The molecule has 5 heteroatoms. The fourth-order valence-electron chi connectivity index (χ4n) is 1.39. The molecular weight excluding hydrogens is 192 g/mol. The number of nitrogens with two attached hydrogens (primary N) is 1. The van der Waals surface area contributed by atoms with Crippen LogP contribution in [0, 0.1) is 0 Å². The molecule has 2 heterocycles. The molecule has 5 nitrogen and oxygen atoms in total. The van der Waals surface area contributed by atoms with Crippen LogP contribution in [-0.2, 0) is 6.54 Å². The summed E-state index contributed by atoms with van der Waals surface area (Å²) in [5.74, 6) is 0. The van der Waals surface area contributed by atoms with Crippen molar-refractivity contribution in [3.05, 3.63) is 47.2 Å². The van der Waals surface area contributed by atoms with Gasteiger partial charge in [-0.05, 0) is 11.6 Å². The highest BCUT2D eigenvalue weighted by molar-refractivity contribution is 5.42. The average Bonchev–Trinajstić information content (AvgIpc) is 2.70. The third-order valence-electron chi connectivity index (χ3n) is 2.22. The fraction of sp³-hybridized carbons (Fsp3) is 0.200. The predicted octanol–water partition coefficient (Wildman–Crippen LogP) is 0.0109. The molecule has 0 atom stereocenters. The van der Waals surface area contributed by atoms with Gasteiger partial charge in [-0.1, -0.05) is 6.58 Å². The summed E-state index contributed by atoms with van der Waals surface area (Å²) >= 11 is 0. The number of fused-ring (bicyclic) bond motifs is 1. The molecule has 0 amide bonds. The molecule has 0 aliphatic heterocycles. The lowest BCUT2D eigenvalue weighted by Crippen LogP contribution is -2.23. The second-order valence-corrected chi connectivity index (χ2v) is 3.35. The monoisotopic (exact) mass is 204 g/mol. The number of nitrogens with zero attached hydrogens (tertiary/aromatic N) is 3. The van der Waals surface area contributed by atoms with Gasteiger partial charge in [0.05, 0.1) is 6.20 Å². The van der Waals surface area contributed by atoms with E-state index >= 15 is 0 Å². The second-order valence-electron chi connectivity index (χ2n) is 3.35. The molecule has 2 N–H and O–H groups in total. The van der Waals surface area contributed by atoms with Crippen LogP contribution < -0.4 is 11.3 Å². The molecule has 2 aromatic heterocycles. The van der Waals surface area contributed by atoms with Gasteiger partial charge in [-0.25, -0.2) is 4.52 Å². The molecule has 15 heavy (non-hydrogen) atoms. The van der Waals surface area contributed by atoms with Crippen LogP contribution >= 0.6 is 0 Å². The van der Waals surface area contributed by atoms with Crippen molar-refractivity contribution in [2.24, 2.45) is 5.73 Å². The number of hydrogen-bond donors (Lipinski definition) is 1. The first-order valence-electron chi connectivity index (χ1n) is 4.62. The molecule has 0 fully saturated rings. The molecule has 0 bridgehead atoms. The molecule has 0 aliphatic carbocycles. The van der Waals surface area contributed by atoms with Gasteiger partial charge in [-0.15, -0.1) is 0 Å². The topological polar surface area (TPSA) is 65.3 Å². The van der Waals surface area contributed by atoms with Crippen molar-refractivity contribution in [1.82, 2.24) is 14.2 Å². The normalized spacial score (nSPS) is 10.7. The molecule has 0 saturated carbocycles. The van der Waals surface area contributed by atoms with Crippen molar-refractivity contribution >= 4 is 5.52 Å². The molecule has 0 spiro atoms. The number of hydrogen-bond acceptors (Lipinski definition) is 3. The van der Waals surface area contributed by atoms with E-state index in [0.717, 1.165) is 5.57 Å². The minimum Gasteiger partial charge on any atom is -0.327 e. The Balaban J connectivity index is 2.48. The van der Waals surface area contributed by atoms with Gasteiger partial charge in [-0.3, -0.25) is 4.79 Å². The van der Waals surface area contributed by atoms with E-state index in [2.05, 4.69) is 11.7 Å². The first-order valence-corrected chi connectivity index (χ1v) is 4.62. The Morgan fingerprint density at radius 3 is 3.07 bits per heavy atom. The Morgan fingerprint density at radius 2 is 2.33 bits per heavy atom. The average molecular weight is 204 g/mol. The van der Waals surface area contributed by atoms with Gasteiger partial charge in [0, 0.05) is 25.5 Å². The van der Waals surface area contributed by atoms with Crippen LogP contribution in [0.3, 0.4) is 0 Å². The van der Waals surface area contributed by atoms with E-state index in [1.54, 1.807) is 33.7 Å². The molecule has 2 rings (SSSR count). The Kier molecular flexibility index (Phi) is 2.39. The molecule has 78 valence electrons. The molecule has 0 unspecified atom stereocenters. The Hall–Kier alpha value is -1.88. The molecule has 0 radical (unpaired) electrons. The summed E-state index contributed by atoms with van der Waals surface area (Å²) in [7, 11) is 0. The largest absolute Gasteiger partial charge is 0.327 e. The van der Waals surface area contributed by atoms with Crippen LogP contribution in [-0.4, -0.2) is 20.7 Å². The number of aromatic nitrogens is 3. The van der Waals surface area contributed by atoms with Gasteiger partial charge in [-0.2, -0.15) is 5.10 Å². The maximum Gasteiger partial charge on any atom is 0.276 e. The van der Waals surface area contributed by atoms with E-state index in [1.807, 2.05) is 0 Å². The molecule has 0 saturated heterocycles. The Labute approximate surface area is 86.4 Å². The SMILES string of the molecule is C=C(CN)Cn1ccn2nccc2c1=O. The van der Waals surface area contributed by atoms with Crippen molar-refractivity contribution in [3.63, 3.8) is 0 Å². The summed E-state index contributed by atoms with van der Waals surface area (Å²) in [6.07, 6.45) is 5.02. The number of rotatable bonds is 3. The van der Waals surface area contributed by atoms with E-state index in [1.165, 1.54) is 0 Å². The van der Waals surface area contributed by atoms with Gasteiger partial charge in [0.25, 0.3) is 5.56 Å². The van der Waals surface area contributed by atoms with E-state index < -0.39 is 0 Å². The van der Waals surface area contributed by atoms with E-state index in [0.29, 0.717) is 18.6 Å². The summed E-state index contributed by atoms with van der Waals surface area (Å²) in [6, 6.07) is 1.68. The maximum absolute atomic E-state index is 11.9. The standard InChI is InChI=1S/C10H12N4O/c1-8(6-11)7-13-4-5-14-9(10(13)15)2-3-12-14/h2-5H,1,6-7,11H2. The van der Waals surface area contributed by atoms with Crippen LogP contribution in [0.4, 0.5) is 0 Å². The molecule has 0 aliphatic rings. The highest BCUT2D eigenvalue weighted by Crippen LogP contribution is 1.97. The van der Waals surface area contributed by atoms with Crippen molar-refractivity contribution in [3.8, 4) is 0 Å². The Morgan fingerprint density at radius 1 is 1.53 bits per heavy atom. The quantitative estimate of drug-likeness (QED) is 0.716. The van der Waals surface area contributed by atoms with Crippen LogP contribution in [0.2, 0.25) is 0 Å². The lowest BCUT2D eigenvalue weighted by atomic mass is 10.3. The van der Waals surface area contributed by atoms with Gasteiger partial charge in [0.2, 0.25) is 0 Å². The first-order chi connectivity index (χ1) is 7.22. The lowest BCUT2D eigenvalue weighted by molar-refractivity contribution is 0.723. The summed E-state index contributed by atoms with van der Waals surface area (Å²) in [6.45, 7) is 4.61. The second kappa shape index (κ2) is 3.70. The van der Waals surface area contributed by atoms with E-state index in [9.17, 15) is 4.79 Å². The zero-order valence-electron chi connectivity index (χ0n) is 8.26. The zero-order valence-corrected chi connectivity index (χ0v) is 8.26. The van der Waals surface area contributed by atoms with Gasteiger partial charge in [0.15, 0.2) is 0 Å².